The van der Waals surface area contributed by atoms with Crippen LogP contribution in [-0.2, 0) is 17.6 Å². The number of rotatable bonds is 6. The van der Waals surface area contributed by atoms with Gasteiger partial charge in [0.2, 0.25) is 5.91 Å². The molecule has 1 aliphatic rings. The Morgan fingerprint density at radius 2 is 2.09 bits per heavy atom. The Morgan fingerprint density at radius 3 is 2.73 bits per heavy atom. The maximum absolute atomic E-state index is 12.3. The molecule has 1 N–H and O–H groups in total. The smallest absolute Gasteiger partial charge is 0.222 e. The molecule has 2 rings (SSSR count). The molecule has 0 aliphatic carbocycles. The van der Waals surface area contributed by atoms with E-state index in [1.165, 1.54) is 11.1 Å². The van der Waals surface area contributed by atoms with Crippen molar-refractivity contribution in [1.29, 1.82) is 0 Å². The summed E-state index contributed by atoms with van der Waals surface area (Å²) in [4.78, 5) is 14.3. The van der Waals surface area contributed by atoms with E-state index in [9.17, 15) is 4.79 Å². The van der Waals surface area contributed by atoms with Crippen LogP contribution in [-0.4, -0.2) is 44.1 Å². The highest BCUT2D eigenvalue weighted by Gasteiger charge is 2.19. The first kappa shape index (κ1) is 16.8. The van der Waals surface area contributed by atoms with Crippen molar-refractivity contribution in [3.63, 3.8) is 0 Å². The number of benzene rings is 1. The number of hydrogen-bond donors (Lipinski definition) is 1. The molecule has 1 unspecified atom stereocenters. The summed E-state index contributed by atoms with van der Waals surface area (Å²) in [6.45, 7) is 7.79. The van der Waals surface area contributed by atoms with Crippen molar-refractivity contribution in [3.05, 3.63) is 29.3 Å². The van der Waals surface area contributed by atoms with Crippen molar-refractivity contribution < 1.29 is 9.53 Å². The second kappa shape index (κ2) is 8.18. The standard InChI is InChI=1S/C18H28N2O2/c1-4-15-5-6-17(22-3)16(13-15)11-14(2)12-18(21)20-9-7-19-8-10-20/h5-6,13-14,19H,4,7-12H2,1-3H3. The monoisotopic (exact) mass is 304 g/mol. The zero-order valence-electron chi connectivity index (χ0n) is 14.0. The number of nitrogens with one attached hydrogen (secondary N) is 1. The van der Waals surface area contributed by atoms with E-state index in [4.69, 9.17) is 4.74 Å². The number of aryl methyl sites for hydroxylation is 1. The molecule has 0 bridgehead atoms. The van der Waals surface area contributed by atoms with E-state index in [1.807, 2.05) is 11.0 Å². The summed E-state index contributed by atoms with van der Waals surface area (Å²) >= 11 is 0. The minimum Gasteiger partial charge on any atom is -0.496 e. The fraction of sp³-hybridized carbons (Fsp3) is 0.611. The van der Waals surface area contributed by atoms with Crippen LogP contribution in [0.25, 0.3) is 0 Å². The first-order valence-electron chi connectivity index (χ1n) is 8.28. The minimum atomic E-state index is 0.277. The summed E-state index contributed by atoms with van der Waals surface area (Å²) < 4.78 is 5.46. The minimum absolute atomic E-state index is 0.277. The van der Waals surface area contributed by atoms with E-state index < -0.39 is 0 Å². The Kier molecular flexibility index (Phi) is 6.25. The Morgan fingerprint density at radius 1 is 1.36 bits per heavy atom. The zero-order chi connectivity index (χ0) is 15.9. The lowest BCUT2D eigenvalue weighted by molar-refractivity contribution is -0.132. The number of piperazine rings is 1. The molecule has 1 fully saturated rings. The third kappa shape index (κ3) is 4.47. The molecule has 1 heterocycles. The van der Waals surface area contributed by atoms with Gasteiger partial charge in [0.15, 0.2) is 0 Å². The highest BCUT2D eigenvalue weighted by molar-refractivity contribution is 5.76. The van der Waals surface area contributed by atoms with Crippen molar-refractivity contribution >= 4 is 5.91 Å². The van der Waals surface area contributed by atoms with Gasteiger partial charge in [-0.05, 0) is 36.0 Å². The second-order valence-electron chi connectivity index (χ2n) is 6.14. The van der Waals surface area contributed by atoms with Crippen molar-refractivity contribution in [2.24, 2.45) is 5.92 Å². The molecule has 0 aromatic heterocycles. The maximum atomic E-state index is 12.3. The van der Waals surface area contributed by atoms with Crippen LogP contribution >= 0.6 is 0 Å². The molecule has 4 nitrogen and oxygen atoms in total. The highest BCUT2D eigenvalue weighted by atomic mass is 16.5. The number of methoxy groups -OCH3 is 1. The predicted molar refractivity (Wildman–Crippen MR) is 89.3 cm³/mol. The summed E-state index contributed by atoms with van der Waals surface area (Å²) in [5, 5.41) is 3.28. The van der Waals surface area contributed by atoms with E-state index in [0.717, 1.165) is 44.8 Å². The number of ether oxygens (including phenoxy) is 1. The van der Waals surface area contributed by atoms with Crippen molar-refractivity contribution in [3.8, 4) is 5.75 Å². The topological polar surface area (TPSA) is 41.6 Å². The third-order valence-electron chi connectivity index (χ3n) is 4.31. The molecule has 1 aliphatic heterocycles. The van der Waals surface area contributed by atoms with Gasteiger partial charge in [0.25, 0.3) is 0 Å². The molecule has 1 aromatic carbocycles. The summed E-state index contributed by atoms with van der Waals surface area (Å²) in [5.74, 6) is 1.53. The summed E-state index contributed by atoms with van der Waals surface area (Å²) in [5.41, 5.74) is 2.53. The van der Waals surface area contributed by atoms with E-state index in [1.54, 1.807) is 7.11 Å². The van der Waals surface area contributed by atoms with Crippen LogP contribution in [0.5, 0.6) is 5.75 Å². The molecule has 22 heavy (non-hydrogen) atoms. The van der Waals surface area contributed by atoms with Gasteiger partial charge in [-0.3, -0.25) is 4.79 Å². The van der Waals surface area contributed by atoms with Gasteiger partial charge in [0.1, 0.15) is 5.75 Å². The van der Waals surface area contributed by atoms with Crippen LogP contribution < -0.4 is 10.1 Å². The molecule has 1 saturated heterocycles. The average Bonchev–Trinajstić information content (AvgIpc) is 2.55. The molecule has 1 aromatic rings. The number of carbonyl (C=O) groups excluding carboxylic acids is 1. The van der Waals surface area contributed by atoms with Crippen LogP contribution in [0.2, 0.25) is 0 Å². The molecule has 0 saturated carbocycles. The molecule has 1 amide bonds. The number of amides is 1. The first-order valence-corrected chi connectivity index (χ1v) is 8.28. The van der Waals surface area contributed by atoms with Gasteiger partial charge in [-0.25, -0.2) is 0 Å². The van der Waals surface area contributed by atoms with Crippen LogP contribution in [0.1, 0.15) is 31.4 Å². The molecule has 1 atom stereocenters. The molecule has 122 valence electrons. The second-order valence-corrected chi connectivity index (χ2v) is 6.14. The van der Waals surface area contributed by atoms with Gasteiger partial charge < -0.3 is 15.0 Å². The molecule has 0 spiro atoms. The van der Waals surface area contributed by atoms with E-state index in [0.29, 0.717) is 12.3 Å². The lowest BCUT2D eigenvalue weighted by atomic mass is 9.95. The predicted octanol–water partition coefficient (Wildman–Crippen LogP) is 2.26. The summed E-state index contributed by atoms with van der Waals surface area (Å²) in [7, 11) is 1.71. The van der Waals surface area contributed by atoms with E-state index >= 15 is 0 Å². The van der Waals surface area contributed by atoms with Gasteiger partial charge in [-0.1, -0.05) is 26.0 Å². The van der Waals surface area contributed by atoms with Crippen molar-refractivity contribution in [1.82, 2.24) is 10.2 Å². The number of hydrogen-bond acceptors (Lipinski definition) is 3. The fourth-order valence-electron chi connectivity index (χ4n) is 3.00. The maximum Gasteiger partial charge on any atom is 0.222 e. The molecular weight excluding hydrogens is 276 g/mol. The zero-order valence-corrected chi connectivity index (χ0v) is 14.0. The number of carbonyl (C=O) groups is 1. The lowest BCUT2D eigenvalue weighted by Gasteiger charge is -2.28. The average molecular weight is 304 g/mol. The molecular formula is C18H28N2O2. The van der Waals surface area contributed by atoms with Crippen LogP contribution in [0.15, 0.2) is 18.2 Å². The largest absolute Gasteiger partial charge is 0.496 e. The highest BCUT2D eigenvalue weighted by Crippen LogP contribution is 2.24. The van der Waals surface area contributed by atoms with Gasteiger partial charge in [0.05, 0.1) is 7.11 Å². The quantitative estimate of drug-likeness (QED) is 0.876. The van der Waals surface area contributed by atoms with Gasteiger partial charge in [0, 0.05) is 32.6 Å². The van der Waals surface area contributed by atoms with Gasteiger partial charge in [-0.15, -0.1) is 0 Å². The van der Waals surface area contributed by atoms with Crippen LogP contribution in [0.4, 0.5) is 0 Å². The third-order valence-corrected chi connectivity index (χ3v) is 4.31. The van der Waals surface area contributed by atoms with E-state index in [-0.39, 0.29) is 5.91 Å². The molecule has 0 radical (unpaired) electrons. The van der Waals surface area contributed by atoms with Gasteiger partial charge in [-0.2, -0.15) is 0 Å². The van der Waals surface area contributed by atoms with Crippen LogP contribution in [0, 0.1) is 5.92 Å². The number of nitrogens with zero attached hydrogens (tertiary/aromatic N) is 1. The lowest BCUT2D eigenvalue weighted by Crippen LogP contribution is -2.46. The SMILES string of the molecule is CCc1ccc(OC)c(CC(C)CC(=O)N2CCNCC2)c1. The Bertz CT molecular complexity index is 496. The Labute approximate surface area is 133 Å². The Hall–Kier alpha value is -1.55. The summed E-state index contributed by atoms with van der Waals surface area (Å²) in [6.07, 6.45) is 2.51. The van der Waals surface area contributed by atoms with Crippen LogP contribution in [0.3, 0.4) is 0 Å². The normalized spacial score (nSPS) is 16.4. The Balaban J connectivity index is 1.95. The molecule has 4 heteroatoms. The first-order chi connectivity index (χ1) is 10.6. The fourth-order valence-corrected chi connectivity index (χ4v) is 3.00. The van der Waals surface area contributed by atoms with Crippen molar-refractivity contribution in [2.45, 2.75) is 33.1 Å². The van der Waals surface area contributed by atoms with E-state index in [2.05, 4.69) is 31.3 Å². The van der Waals surface area contributed by atoms with Gasteiger partial charge >= 0.3 is 0 Å². The summed E-state index contributed by atoms with van der Waals surface area (Å²) in [6, 6.07) is 6.36. The van der Waals surface area contributed by atoms with Crippen molar-refractivity contribution in [2.75, 3.05) is 33.3 Å².